The second-order valence-electron chi connectivity index (χ2n) is 5.60. The topological polar surface area (TPSA) is 26.0 Å². The second kappa shape index (κ2) is 11.6. The minimum absolute atomic E-state index is 0. The summed E-state index contributed by atoms with van der Waals surface area (Å²) in [6.07, 6.45) is 12.4. The molecule has 0 aliphatic carbocycles. The highest BCUT2D eigenvalue weighted by molar-refractivity contribution is 7.80. The molecule has 0 bridgehead atoms. The molecule has 18 heavy (non-hydrogen) atoms. The molecule has 110 valence electrons. The van der Waals surface area contributed by atoms with Gasteiger partial charge in [-0.3, -0.25) is 5.73 Å². The van der Waals surface area contributed by atoms with Crippen molar-refractivity contribution in [1.82, 2.24) is 0 Å². The highest BCUT2D eigenvalue weighted by atomic mass is 79.9. The fraction of sp³-hybridized carbons (Fsp3) is 1.00. The summed E-state index contributed by atoms with van der Waals surface area (Å²) in [6, 6.07) is 0. The van der Waals surface area contributed by atoms with Gasteiger partial charge in [0, 0.05) is 0 Å². The molecule has 0 saturated carbocycles. The Kier molecular flexibility index (Phi) is 12.0. The van der Waals surface area contributed by atoms with E-state index in [9.17, 15) is 0 Å². The number of thiol groups is 1. The van der Waals surface area contributed by atoms with E-state index in [0.717, 1.165) is 12.4 Å². The van der Waals surface area contributed by atoms with Gasteiger partial charge in [0.15, 0.2) is 0 Å². The van der Waals surface area contributed by atoms with Gasteiger partial charge in [-0.25, -0.2) is 0 Å². The van der Waals surface area contributed by atoms with Crippen molar-refractivity contribution in [3.05, 3.63) is 0 Å². The molecule has 0 amide bonds. The molecule has 0 aromatic rings. The molecule has 0 atom stereocenters. The molecule has 1 aliphatic rings. The van der Waals surface area contributed by atoms with Gasteiger partial charge in [0.25, 0.3) is 0 Å². The van der Waals surface area contributed by atoms with E-state index in [1.165, 1.54) is 81.9 Å². The first-order valence-corrected chi connectivity index (χ1v) is 8.12. The van der Waals surface area contributed by atoms with Crippen LogP contribution >= 0.6 is 12.6 Å². The van der Waals surface area contributed by atoms with Gasteiger partial charge in [-0.2, -0.15) is 12.6 Å². The summed E-state index contributed by atoms with van der Waals surface area (Å²) in [6.45, 7) is 4.84. The molecular weight excluding hydrogens is 308 g/mol. The Morgan fingerprint density at radius 3 is 1.94 bits per heavy atom. The van der Waals surface area contributed by atoms with Crippen LogP contribution in [-0.4, -0.2) is 36.5 Å². The minimum atomic E-state index is 0. The van der Waals surface area contributed by atoms with E-state index in [-0.39, 0.29) is 17.0 Å². The van der Waals surface area contributed by atoms with Crippen LogP contribution in [0.25, 0.3) is 0 Å². The number of likely N-dealkylation sites (tertiary alicyclic amines) is 1. The smallest absolute Gasteiger partial charge is 0.130 e. The Labute approximate surface area is 129 Å². The van der Waals surface area contributed by atoms with E-state index in [1.807, 2.05) is 0 Å². The number of rotatable bonds is 9. The average Bonchev–Trinajstić information content (AvgIpc) is 2.39. The van der Waals surface area contributed by atoms with Crippen LogP contribution in [0.2, 0.25) is 0 Å². The van der Waals surface area contributed by atoms with Crippen LogP contribution in [0.3, 0.4) is 0 Å². The van der Waals surface area contributed by atoms with Crippen LogP contribution < -0.4 is 22.7 Å². The molecule has 0 unspecified atom stereocenters. The van der Waals surface area contributed by atoms with Crippen molar-refractivity contribution in [2.24, 2.45) is 5.73 Å². The second-order valence-corrected chi connectivity index (χ2v) is 6.05. The summed E-state index contributed by atoms with van der Waals surface area (Å²) in [5.41, 5.74) is 5.98. The van der Waals surface area contributed by atoms with Gasteiger partial charge >= 0.3 is 0 Å². The number of nitrogens with two attached hydrogens (primary N) is 1. The Bertz CT molecular complexity index is 185. The third-order valence-corrected chi connectivity index (χ3v) is 4.51. The van der Waals surface area contributed by atoms with Gasteiger partial charge in [-0.15, -0.1) is 0 Å². The van der Waals surface area contributed by atoms with Crippen molar-refractivity contribution in [3.63, 3.8) is 0 Å². The number of hydrogen-bond acceptors (Lipinski definition) is 2. The van der Waals surface area contributed by atoms with E-state index < -0.39 is 0 Å². The largest absolute Gasteiger partial charge is 1.00 e. The summed E-state index contributed by atoms with van der Waals surface area (Å²) < 4.78 is 1.20. The summed E-state index contributed by atoms with van der Waals surface area (Å²) in [7, 11) is 0. The number of nitrogens with zero attached hydrogens (tertiary/aromatic N) is 1. The molecule has 1 heterocycles. The van der Waals surface area contributed by atoms with Gasteiger partial charge in [0.2, 0.25) is 0 Å². The zero-order valence-corrected chi connectivity index (χ0v) is 14.2. The molecule has 2 N–H and O–H groups in total. The first kappa shape index (κ1) is 18.8. The Morgan fingerprint density at radius 1 is 0.833 bits per heavy atom. The molecule has 1 rings (SSSR count). The van der Waals surface area contributed by atoms with Crippen molar-refractivity contribution < 1.29 is 21.5 Å². The SMILES string of the molecule is NC[N+]1(CCCCCCCCS)CCCCC1.[Br-]. The summed E-state index contributed by atoms with van der Waals surface area (Å²) in [5.74, 6) is 1.05. The number of hydrogen-bond donors (Lipinski definition) is 2. The highest BCUT2D eigenvalue weighted by Crippen LogP contribution is 2.19. The monoisotopic (exact) mass is 338 g/mol. The van der Waals surface area contributed by atoms with Gasteiger partial charge < -0.3 is 21.5 Å². The Balaban J connectivity index is 0.00000289. The molecule has 0 aromatic carbocycles. The number of piperidine rings is 1. The number of unbranched alkanes of at least 4 members (excludes halogenated alkanes) is 5. The fourth-order valence-electron chi connectivity index (χ4n) is 2.95. The first-order chi connectivity index (χ1) is 8.33. The van der Waals surface area contributed by atoms with Crippen molar-refractivity contribution in [3.8, 4) is 0 Å². The maximum atomic E-state index is 5.98. The summed E-state index contributed by atoms with van der Waals surface area (Å²) >= 11 is 4.24. The van der Waals surface area contributed by atoms with Crippen LogP contribution in [0.1, 0.15) is 57.8 Å². The molecule has 1 aliphatic heterocycles. The maximum Gasteiger partial charge on any atom is 0.130 e. The van der Waals surface area contributed by atoms with Crippen molar-refractivity contribution in [2.75, 3.05) is 32.1 Å². The average molecular weight is 339 g/mol. The van der Waals surface area contributed by atoms with Crippen LogP contribution in [0, 0.1) is 0 Å². The number of quaternary nitrogens is 1. The quantitative estimate of drug-likeness (QED) is 0.350. The third-order valence-electron chi connectivity index (χ3n) is 4.19. The van der Waals surface area contributed by atoms with Crippen LogP contribution in [0.4, 0.5) is 0 Å². The van der Waals surface area contributed by atoms with Gasteiger partial charge in [0.05, 0.1) is 19.6 Å². The fourth-order valence-corrected chi connectivity index (χ4v) is 3.17. The normalized spacial score (nSPS) is 18.3. The molecule has 0 radical (unpaired) electrons. The molecular formula is C14H31BrN2S. The van der Waals surface area contributed by atoms with E-state index in [1.54, 1.807) is 0 Å². The van der Waals surface area contributed by atoms with Gasteiger partial charge in [0.1, 0.15) is 6.67 Å². The first-order valence-electron chi connectivity index (χ1n) is 7.49. The molecule has 4 heteroatoms. The lowest BCUT2D eigenvalue weighted by atomic mass is 10.1. The lowest BCUT2D eigenvalue weighted by Crippen LogP contribution is -3.00. The van der Waals surface area contributed by atoms with Crippen molar-refractivity contribution >= 4 is 12.6 Å². The molecule has 1 fully saturated rings. The van der Waals surface area contributed by atoms with E-state index in [0.29, 0.717) is 0 Å². The van der Waals surface area contributed by atoms with E-state index in [2.05, 4.69) is 12.6 Å². The Morgan fingerprint density at radius 2 is 1.39 bits per heavy atom. The van der Waals surface area contributed by atoms with Gasteiger partial charge in [-0.05, 0) is 44.3 Å². The van der Waals surface area contributed by atoms with Crippen LogP contribution in [0.5, 0.6) is 0 Å². The summed E-state index contributed by atoms with van der Waals surface area (Å²) in [5, 5.41) is 0. The molecule has 0 spiro atoms. The summed E-state index contributed by atoms with van der Waals surface area (Å²) in [4.78, 5) is 0. The van der Waals surface area contributed by atoms with E-state index >= 15 is 0 Å². The standard InChI is InChI=1S/C14H30N2S.BrH/c15-14-16(11-7-5-8-12-16)10-6-3-1-2-4-9-13-17;/h1-15H2;1H. The van der Waals surface area contributed by atoms with Crippen molar-refractivity contribution in [1.29, 1.82) is 0 Å². The molecule has 2 nitrogen and oxygen atoms in total. The predicted molar refractivity (Wildman–Crippen MR) is 79.3 cm³/mol. The van der Waals surface area contributed by atoms with E-state index in [4.69, 9.17) is 5.73 Å². The zero-order valence-electron chi connectivity index (χ0n) is 11.7. The minimum Gasteiger partial charge on any atom is -1.00 e. The van der Waals surface area contributed by atoms with Crippen molar-refractivity contribution in [2.45, 2.75) is 57.8 Å². The Hall–Kier alpha value is 0.750. The molecule has 1 saturated heterocycles. The van der Waals surface area contributed by atoms with Crippen LogP contribution in [-0.2, 0) is 0 Å². The predicted octanol–water partition coefficient (Wildman–Crippen LogP) is 0.178. The lowest BCUT2D eigenvalue weighted by molar-refractivity contribution is -0.932. The third kappa shape index (κ3) is 7.37. The highest BCUT2D eigenvalue weighted by Gasteiger charge is 2.27. The van der Waals surface area contributed by atoms with Gasteiger partial charge in [-0.1, -0.05) is 19.3 Å². The zero-order chi connectivity index (χ0) is 12.4. The maximum absolute atomic E-state index is 5.98. The lowest BCUT2D eigenvalue weighted by Gasteiger charge is -2.40. The number of halogens is 1. The van der Waals surface area contributed by atoms with Crippen LogP contribution in [0.15, 0.2) is 0 Å². The molecule has 0 aromatic heterocycles.